The van der Waals surface area contributed by atoms with Crippen molar-refractivity contribution in [1.82, 2.24) is 0 Å². The Morgan fingerprint density at radius 2 is 1.77 bits per heavy atom. The number of hydrogen-bond acceptors (Lipinski definition) is 4. The highest BCUT2D eigenvalue weighted by Gasteiger charge is 2.34. The zero-order chi connectivity index (χ0) is 18.1. The third-order valence-corrected chi connectivity index (χ3v) is 5.18. The molecule has 2 aromatic carbocycles. The van der Waals surface area contributed by atoms with Crippen LogP contribution in [0.1, 0.15) is 9.67 Å². The summed E-state index contributed by atoms with van der Waals surface area (Å²) in [6.45, 7) is 0.0946. The summed E-state index contributed by atoms with van der Waals surface area (Å²) in [6.07, 6.45) is -0.867. The number of nitrogens with zero attached hydrogens (tertiary/aromatic N) is 1. The molecule has 130 valence electrons. The maximum absolute atomic E-state index is 13.3. The predicted octanol–water partition coefficient (Wildman–Crippen LogP) is 3.31. The molecule has 0 bridgehead atoms. The highest BCUT2D eigenvalue weighted by molar-refractivity contribution is 7.12. The summed E-state index contributed by atoms with van der Waals surface area (Å²) < 4.78 is 5.64. The van der Waals surface area contributed by atoms with E-state index in [1.165, 1.54) is 11.3 Å². The topological polar surface area (TPSA) is 72.6 Å². The number of ether oxygens (including phenoxy) is 1. The van der Waals surface area contributed by atoms with Crippen LogP contribution >= 0.6 is 11.3 Å². The Bertz CT molecular complexity index is 968. The summed E-state index contributed by atoms with van der Waals surface area (Å²) in [4.78, 5) is 27.2. The fraction of sp³-hybridized carbons (Fsp3) is 0.100. The number of nitrogens with two attached hydrogens (primary N) is 1. The Kier molecular flexibility index (Phi) is 4.18. The molecule has 0 saturated carbocycles. The number of carbonyl (C=O) groups is 2. The molecule has 0 radical (unpaired) electrons. The average Bonchev–Trinajstić information content (AvgIpc) is 3.17. The Balaban J connectivity index is 1.75. The number of para-hydroxylation sites is 2. The van der Waals surface area contributed by atoms with Crippen LogP contribution in [0, 0.1) is 0 Å². The lowest BCUT2D eigenvalue weighted by molar-refractivity contribution is -0.124. The minimum atomic E-state index is -0.867. The molecule has 1 aromatic heterocycles. The van der Waals surface area contributed by atoms with Crippen molar-refractivity contribution < 1.29 is 14.3 Å². The smallest absolute Gasteiger partial charge is 0.269 e. The highest BCUT2D eigenvalue weighted by atomic mass is 32.1. The van der Waals surface area contributed by atoms with Crippen LogP contribution < -0.4 is 15.4 Å². The molecule has 5 nitrogen and oxygen atoms in total. The van der Waals surface area contributed by atoms with E-state index in [0.717, 1.165) is 11.1 Å². The summed E-state index contributed by atoms with van der Waals surface area (Å²) in [7, 11) is 0. The molecule has 26 heavy (non-hydrogen) atoms. The van der Waals surface area contributed by atoms with Gasteiger partial charge in [0.05, 0.1) is 12.2 Å². The third kappa shape index (κ3) is 2.84. The first-order chi connectivity index (χ1) is 12.6. The van der Waals surface area contributed by atoms with E-state index in [1.807, 2.05) is 47.8 Å². The molecule has 1 aliphatic heterocycles. The lowest BCUT2D eigenvalue weighted by Gasteiger charge is -2.33. The standard InChI is InChI=1S/C20H16N2O3S/c21-19(23)17-12-22(15-8-4-5-9-16(15)25-17)20(24)18-14(10-11-26-18)13-6-2-1-3-7-13/h1-11,17H,12H2,(H2,21,23)/t17-/m1/s1. The molecule has 4 rings (SSSR count). The Labute approximate surface area is 154 Å². The van der Waals surface area contributed by atoms with Crippen LogP contribution in [0.4, 0.5) is 5.69 Å². The SMILES string of the molecule is NC(=O)[C@H]1CN(C(=O)c2sccc2-c2ccccc2)c2ccccc2O1. The highest BCUT2D eigenvalue weighted by Crippen LogP contribution is 2.36. The first-order valence-electron chi connectivity index (χ1n) is 8.15. The van der Waals surface area contributed by atoms with Crippen molar-refractivity contribution in [1.29, 1.82) is 0 Å². The van der Waals surface area contributed by atoms with E-state index in [1.54, 1.807) is 23.1 Å². The van der Waals surface area contributed by atoms with E-state index in [9.17, 15) is 9.59 Å². The summed E-state index contributed by atoms with van der Waals surface area (Å²) in [5.74, 6) is -0.277. The largest absolute Gasteiger partial charge is 0.477 e. The van der Waals surface area contributed by atoms with Crippen LogP contribution in [0.25, 0.3) is 11.1 Å². The zero-order valence-electron chi connectivity index (χ0n) is 13.8. The minimum Gasteiger partial charge on any atom is -0.477 e. The van der Waals surface area contributed by atoms with Crippen molar-refractivity contribution in [3.8, 4) is 16.9 Å². The van der Waals surface area contributed by atoms with Gasteiger partial charge in [0.25, 0.3) is 11.8 Å². The van der Waals surface area contributed by atoms with E-state index in [4.69, 9.17) is 10.5 Å². The normalized spacial score (nSPS) is 15.8. The third-order valence-electron chi connectivity index (χ3n) is 4.28. The number of thiophene rings is 1. The van der Waals surface area contributed by atoms with Crippen LogP contribution in [0.5, 0.6) is 5.75 Å². The van der Waals surface area contributed by atoms with E-state index in [0.29, 0.717) is 16.3 Å². The van der Waals surface area contributed by atoms with Crippen molar-refractivity contribution in [2.75, 3.05) is 11.4 Å². The van der Waals surface area contributed by atoms with Gasteiger partial charge in [0.2, 0.25) is 0 Å². The quantitative estimate of drug-likeness (QED) is 0.775. The molecule has 0 fully saturated rings. The minimum absolute atomic E-state index is 0.0946. The van der Waals surface area contributed by atoms with Gasteiger partial charge in [-0.3, -0.25) is 14.5 Å². The van der Waals surface area contributed by atoms with Gasteiger partial charge in [-0.05, 0) is 29.1 Å². The average molecular weight is 364 g/mol. The summed E-state index contributed by atoms with van der Waals surface area (Å²) in [6, 6.07) is 18.9. The van der Waals surface area contributed by atoms with Gasteiger partial charge < -0.3 is 10.5 Å². The van der Waals surface area contributed by atoms with E-state index < -0.39 is 12.0 Å². The van der Waals surface area contributed by atoms with Gasteiger partial charge >= 0.3 is 0 Å². The molecule has 0 saturated heterocycles. The van der Waals surface area contributed by atoms with Crippen LogP contribution in [0.15, 0.2) is 66.0 Å². The number of rotatable bonds is 3. The molecule has 0 spiro atoms. The number of primary amides is 1. The van der Waals surface area contributed by atoms with Gasteiger partial charge in [-0.1, -0.05) is 42.5 Å². The van der Waals surface area contributed by atoms with Gasteiger partial charge in [-0.25, -0.2) is 0 Å². The summed E-state index contributed by atoms with van der Waals surface area (Å²) >= 11 is 1.38. The molecule has 1 aliphatic rings. The van der Waals surface area contributed by atoms with E-state index in [-0.39, 0.29) is 12.5 Å². The lowest BCUT2D eigenvalue weighted by Crippen LogP contribution is -2.49. The summed E-state index contributed by atoms with van der Waals surface area (Å²) in [5.41, 5.74) is 7.92. The number of carbonyl (C=O) groups excluding carboxylic acids is 2. The number of hydrogen-bond donors (Lipinski definition) is 1. The number of amides is 2. The van der Waals surface area contributed by atoms with Gasteiger partial charge in [-0.15, -0.1) is 11.3 Å². The second-order valence-electron chi connectivity index (χ2n) is 5.92. The van der Waals surface area contributed by atoms with Crippen molar-refractivity contribution in [2.45, 2.75) is 6.10 Å². The molecule has 2 heterocycles. The van der Waals surface area contributed by atoms with Crippen LogP contribution in [0.3, 0.4) is 0 Å². The first kappa shape index (κ1) is 16.4. The molecule has 2 amide bonds. The van der Waals surface area contributed by atoms with Gasteiger partial charge in [-0.2, -0.15) is 0 Å². The zero-order valence-corrected chi connectivity index (χ0v) is 14.6. The lowest BCUT2D eigenvalue weighted by atomic mass is 10.1. The van der Waals surface area contributed by atoms with Gasteiger partial charge in [0.1, 0.15) is 10.6 Å². The van der Waals surface area contributed by atoms with Crippen LogP contribution in [-0.4, -0.2) is 24.5 Å². The Morgan fingerprint density at radius 1 is 1.04 bits per heavy atom. The second kappa shape index (κ2) is 6.65. The molecule has 3 aromatic rings. The van der Waals surface area contributed by atoms with Crippen molar-refractivity contribution in [2.24, 2.45) is 5.73 Å². The molecule has 0 unspecified atom stereocenters. The van der Waals surface area contributed by atoms with Gasteiger partial charge in [0, 0.05) is 5.56 Å². The fourth-order valence-electron chi connectivity index (χ4n) is 3.02. The van der Waals surface area contributed by atoms with Crippen molar-refractivity contribution in [3.63, 3.8) is 0 Å². The molecule has 6 heteroatoms. The summed E-state index contributed by atoms with van der Waals surface area (Å²) in [5, 5.41) is 1.90. The number of benzene rings is 2. The fourth-order valence-corrected chi connectivity index (χ4v) is 3.88. The second-order valence-corrected chi connectivity index (χ2v) is 6.84. The molecule has 0 aliphatic carbocycles. The number of fused-ring (bicyclic) bond motifs is 1. The van der Waals surface area contributed by atoms with Crippen molar-refractivity contribution in [3.05, 3.63) is 70.9 Å². The molecule has 2 N–H and O–H groups in total. The van der Waals surface area contributed by atoms with E-state index >= 15 is 0 Å². The Morgan fingerprint density at radius 3 is 2.54 bits per heavy atom. The first-order valence-corrected chi connectivity index (χ1v) is 9.03. The monoisotopic (exact) mass is 364 g/mol. The maximum Gasteiger partial charge on any atom is 0.269 e. The Hall–Kier alpha value is -3.12. The van der Waals surface area contributed by atoms with Crippen LogP contribution in [-0.2, 0) is 4.79 Å². The predicted molar refractivity (Wildman–Crippen MR) is 101 cm³/mol. The number of anilines is 1. The van der Waals surface area contributed by atoms with E-state index in [2.05, 4.69) is 0 Å². The maximum atomic E-state index is 13.3. The van der Waals surface area contributed by atoms with Crippen molar-refractivity contribution >= 4 is 28.8 Å². The molecular weight excluding hydrogens is 348 g/mol. The van der Waals surface area contributed by atoms with Crippen LogP contribution in [0.2, 0.25) is 0 Å². The molecule has 1 atom stereocenters. The van der Waals surface area contributed by atoms with Gasteiger partial charge in [0.15, 0.2) is 6.10 Å². The molecular formula is C20H16N2O3S.